The van der Waals surface area contributed by atoms with Crippen molar-refractivity contribution >= 4 is 40.0 Å². The molecule has 0 saturated carbocycles. The molecule has 0 bridgehead atoms. The maximum absolute atomic E-state index is 10.8. The summed E-state index contributed by atoms with van der Waals surface area (Å²) in [5, 5.41) is 3.14. The van der Waals surface area contributed by atoms with Gasteiger partial charge in [-0.3, -0.25) is 9.59 Å². The molecular weight excluding hydrogens is 234 g/mol. The molecule has 0 aliphatic carbocycles. The van der Waals surface area contributed by atoms with Crippen LogP contribution in [0.3, 0.4) is 0 Å². The standard InChI is InChI=1S/C8H11N3O2S2/c1-4-7(14-3-6(9)13)15-8(10-4)11-5(2)12/h3H2,1-2H3,(H2,9,13)(H,10,11,12). The first-order valence-corrected chi connectivity index (χ1v) is 5.95. The average Bonchev–Trinajstić information content (AvgIpc) is 2.41. The Morgan fingerprint density at radius 2 is 2.27 bits per heavy atom. The Kier molecular flexibility index (Phi) is 4.10. The van der Waals surface area contributed by atoms with Gasteiger partial charge < -0.3 is 11.1 Å². The third-order valence-corrected chi connectivity index (χ3v) is 3.84. The number of primary amides is 1. The predicted octanol–water partition coefficient (Wildman–Crippen LogP) is 0.987. The molecule has 0 aliphatic heterocycles. The summed E-state index contributed by atoms with van der Waals surface area (Å²) >= 11 is 2.68. The maximum Gasteiger partial charge on any atom is 0.227 e. The summed E-state index contributed by atoms with van der Waals surface area (Å²) in [4.78, 5) is 25.5. The fraction of sp³-hybridized carbons (Fsp3) is 0.375. The van der Waals surface area contributed by atoms with Gasteiger partial charge in [0.05, 0.1) is 15.7 Å². The van der Waals surface area contributed by atoms with Gasteiger partial charge in [0.15, 0.2) is 5.13 Å². The van der Waals surface area contributed by atoms with E-state index in [-0.39, 0.29) is 17.6 Å². The fourth-order valence-corrected chi connectivity index (χ4v) is 2.78. The molecule has 0 unspecified atom stereocenters. The quantitative estimate of drug-likeness (QED) is 0.775. The lowest BCUT2D eigenvalue weighted by Crippen LogP contribution is -2.12. The van der Waals surface area contributed by atoms with Crippen molar-refractivity contribution in [1.82, 2.24) is 4.98 Å². The minimum atomic E-state index is -0.367. The number of rotatable bonds is 4. The van der Waals surface area contributed by atoms with Crippen molar-refractivity contribution in [3.8, 4) is 0 Å². The molecule has 1 aromatic heterocycles. The Labute approximate surface area is 95.5 Å². The summed E-state index contributed by atoms with van der Waals surface area (Å²) in [7, 11) is 0. The zero-order valence-electron chi connectivity index (χ0n) is 8.36. The molecule has 3 N–H and O–H groups in total. The molecule has 0 aliphatic rings. The van der Waals surface area contributed by atoms with E-state index in [4.69, 9.17) is 5.73 Å². The van der Waals surface area contributed by atoms with Crippen molar-refractivity contribution in [2.75, 3.05) is 11.1 Å². The second kappa shape index (κ2) is 5.13. The summed E-state index contributed by atoms with van der Waals surface area (Å²) < 4.78 is 0.901. The van der Waals surface area contributed by atoms with E-state index in [1.54, 1.807) is 0 Å². The molecule has 0 spiro atoms. The van der Waals surface area contributed by atoms with E-state index >= 15 is 0 Å². The molecule has 1 aromatic rings. The smallest absolute Gasteiger partial charge is 0.227 e. The predicted molar refractivity (Wildman–Crippen MR) is 61.1 cm³/mol. The Morgan fingerprint density at radius 3 is 2.80 bits per heavy atom. The van der Waals surface area contributed by atoms with Gasteiger partial charge >= 0.3 is 0 Å². The third-order valence-electron chi connectivity index (χ3n) is 1.38. The van der Waals surface area contributed by atoms with E-state index in [9.17, 15) is 9.59 Å². The van der Waals surface area contributed by atoms with Crippen LogP contribution in [0.15, 0.2) is 4.21 Å². The van der Waals surface area contributed by atoms with Gasteiger partial charge in [0.2, 0.25) is 11.8 Å². The minimum absolute atomic E-state index is 0.157. The van der Waals surface area contributed by atoms with Crippen molar-refractivity contribution in [3.05, 3.63) is 5.69 Å². The highest BCUT2D eigenvalue weighted by Crippen LogP contribution is 2.31. The van der Waals surface area contributed by atoms with Crippen molar-refractivity contribution in [3.63, 3.8) is 0 Å². The number of thiazole rings is 1. The minimum Gasteiger partial charge on any atom is -0.369 e. The lowest BCUT2D eigenvalue weighted by molar-refractivity contribution is -0.116. The van der Waals surface area contributed by atoms with Crippen LogP contribution in [-0.4, -0.2) is 22.6 Å². The first-order valence-electron chi connectivity index (χ1n) is 4.15. The first-order chi connectivity index (χ1) is 6.99. The zero-order valence-corrected chi connectivity index (χ0v) is 10.00. The highest BCUT2D eigenvalue weighted by atomic mass is 32.2. The topological polar surface area (TPSA) is 85.1 Å². The number of aromatic nitrogens is 1. The normalized spacial score (nSPS) is 10.0. The van der Waals surface area contributed by atoms with Crippen molar-refractivity contribution in [2.45, 2.75) is 18.1 Å². The van der Waals surface area contributed by atoms with Gasteiger partial charge in [-0.05, 0) is 6.92 Å². The highest BCUT2D eigenvalue weighted by Gasteiger charge is 2.09. The van der Waals surface area contributed by atoms with E-state index in [1.807, 2.05) is 6.92 Å². The van der Waals surface area contributed by atoms with E-state index in [0.717, 1.165) is 9.90 Å². The molecular formula is C8H11N3O2S2. The molecule has 15 heavy (non-hydrogen) atoms. The number of hydrogen-bond donors (Lipinski definition) is 2. The van der Waals surface area contributed by atoms with E-state index in [1.165, 1.54) is 30.0 Å². The molecule has 0 fully saturated rings. The van der Waals surface area contributed by atoms with Crippen LogP contribution in [-0.2, 0) is 9.59 Å². The van der Waals surface area contributed by atoms with Crippen molar-refractivity contribution in [1.29, 1.82) is 0 Å². The molecule has 0 saturated heterocycles. The summed E-state index contributed by atoms with van der Waals surface area (Å²) in [6, 6.07) is 0. The molecule has 7 heteroatoms. The Hall–Kier alpha value is -1.08. The average molecular weight is 245 g/mol. The summed E-state index contributed by atoms with van der Waals surface area (Å²) in [5.41, 5.74) is 5.83. The number of nitrogens with one attached hydrogen (secondary N) is 1. The lowest BCUT2D eigenvalue weighted by Gasteiger charge is -1.93. The Balaban J connectivity index is 2.68. The molecule has 1 heterocycles. The van der Waals surface area contributed by atoms with E-state index in [2.05, 4.69) is 10.3 Å². The number of nitrogens with zero attached hydrogens (tertiary/aromatic N) is 1. The second-order valence-electron chi connectivity index (χ2n) is 2.83. The molecule has 0 radical (unpaired) electrons. The van der Waals surface area contributed by atoms with Gasteiger partial charge in [-0.2, -0.15) is 0 Å². The molecule has 82 valence electrons. The fourth-order valence-electron chi connectivity index (χ4n) is 0.857. The van der Waals surface area contributed by atoms with Crippen LogP contribution < -0.4 is 11.1 Å². The zero-order chi connectivity index (χ0) is 11.4. The van der Waals surface area contributed by atoms with Crippen LogP contribution >= 0.6 is 23.1 Å². The number of aryl methyl sites for hydroxylation is 1. The summed E-state index contributed by atoms with van der Waals surface area (Å²) in [6.45, 7) is 3.25. The number of thioether (sulfide) groups is 1. The number of nitrogens with two attached hydrogens (primary N) is 1. The number of amides is 2. The maximum atomic E-state index is 10.8. The number of carbonyl (C=O) groups excluding carboxylic acids is 2. The molecule has 0 aromatic carbocycles. The van der Waals surface area contributed by atoms with Gasteiger partial charge in [-0.25, -0.2) is 4.98 Å². The lowest BCUT2D eigenvalue weighted by atomic mass is 10.6. The number of hydrogen-bond acceptors (Lipinski definition) is 5. The third kappa shape index (κ3) is 3.88. The molecule has 0 atom stereocenters. The van der Waals surface area contributed by atoms with E-state index < -0.39 is 0 Å². The monoisotopic (exact) mass is 245 g/mol. The first kappa shape index (κ1) is 12.0. The molecule has 2 amide bonds. The van der Waals surface area contributed by atoms with Crippen LogP contribution in [0.1, 0.15) is 12.6 Å². The van der Waals surface area contributed by atoms with Gasteiger partial charge in [-0.1, -0.05) is 11.3 Å². The number of anilines is 1. The van der Waals surface area contributed by atoms with Crippen LogP contribution in [0, 0.1) is 6.92 Å². The van der Waals surface area contributed by atoms with Gasteiger partial charge in [0.25, 0.3) is 0 Å². The van der Waals surface area contributed by atoms with Crippen LogP contribution in [0.4, 0.5) is 5.13 Å². The van der Waals surface area contributed by atoms with Crippen molar-refractivity contribution in [2.24, 2.45) is 5.73 Å². The summed E-state index contributed by atoms with van der Waals surface area (Å²) in [5.74, 6) is -0.299. The van der Waals surface area contributed by atoms with Gasteiger partial charge in [-0.15, -0.1) is 11.8 Å². The Bertz CT molecular complexity index is 389. The summed E-state index contributed by atoms with van der Waals surface area (Å²) in [6.07, 6.45) is 0. The van der Waals surface area contributed by atoms with E-state index in [0.29, 0.717) is 5.13 Å². The van der Waals surface area contributed by atoms with Crippen LogP contribution in [0.2, 0.25) is 0 Å². The number of carbonyl (C=O) groups is 2. The van der Waals surface area contributed by atoms with Crippen LogP contribution in [0.25, 0.3) is 0 Å². The van der Waals surface area contributed by atoms with Crippen LogP contribution in [0.5, 0.6) is 0 Å². The van der Waals surface area contributed by atoms with Gasteiger partial charge in [0, 0.05) is 6.92 Å². The molecule has 5 nitrogen and oxygen atoms in total. The SMILES string of the molecule is CC(=O)Nc1nc(C)c(SCC(N)=O)s1. The van der Waals surface area contributed by atoms with Crippen molar-refractivity contribution < 1.29 is 9.59 Å². The highest BCUT2D eigenvalue weighted by molar-refractivity contribution is 8.01. The largest absolute Gasteiger partial charge is 0.369 e. The van der Waals surface area contributed by atoms with Gasteiger partial charge in [0.1, 0.15) is 0 Å². The second-order valence-corrected chi connectivity index (χ2v) is 5.07. The Morgan fingerprint density at radius 1 is 1.60 bits per heavy atom. The molecule has 1 rings (SSSR count).